The van der Waals surface area contributed by atoms with Gasteiger partial charge in [0.2, 0.25) is 5.91 Å². The molecule has 1 saturated heterocycles. The van der Waals surface area contributed by atoms with E-state index in [1.165, 1.54) is 0 Å². The molecule has 5 heteroatoms. The zero-order valence-electron chi connectivity index (χ0n) is 12.8. The highest BCUT2D eigenvalue weighted by atomic mass is 16.5. The Bertz CT molecular complexity index is 544. The van der Waals surface area contributed by atoms with E-state index in [-0.39, 0.29) is 11.8 Å². The molecule has 0 spiro atoms. The van der Waals surface area contributed by atoms with Crippen molar-refractivity contribution in [1.29, 1.82) is 0 Å². The summed E-state index contributed by atoms with van der Waals surface area (Å²) in [6, 6.07) is 7.69. The first-order chi connectivity index (χ1) is 10.00. The van der Waals surface area contributed by atoms with Crippen LogP contribution in [0.5, 0.6) is 0 Å². The molecule has 1 aromatic rings. The number of carbonyl (C=O) groups is 2. The maximum absolute atomic E-state index is 12.8. The van der Waals surface area contributed by atoms with Crippen LogP contribution >= 0.6 is 0 Å². The average molecular weight is 290 g/mol. The van der Waals surface area contributed by atoms with E-state index in [2.05, 4.69) is 5.32 Å². The summed E-state index contributed by atoms with van der Waals surface area (Å²) in [4.78, 5) is 26.3. The maximum Gasteiger partial charge on any atom is 0.252 e. The lowest BCUT2D eigenvalue weighted by Gasteiger charge is -2.31. The molecular weight excluding hydrogens is 268 g/mol. The first-order valence-corrected chi connectivity index (χ1v) is 7.21. The van der Waals surface area contributed by atoms with Crippen LogP contribution in [0, 0.1) is 0 Å². The fourth-order valence-electron chi connectivity index (χ4n) is 2.50. The molecule has 1 aromatic carbocycles. The molecule has 2 amide bonds. The van der Waals surface area contributed by atoms with Crippen LogP contribution < -0.4 is 10.2 Å². The first kappa shape index (κ1) is 15.5. The minimum atomic E-state index is -0.842. The van der Waals surface area contributed by atoms with Crippen LogP contribution in [0.15, 0.2) is 24.3 Å². The molecule has 1 unspecified atom stereocenters. The summed E-state index contributed by atoms with van der Waals surface area (Å²) in [5, 5.41) is 2.84. The predicted molar refractivity (Wildman–Crippen MR) is 81.0 cm³/mol. The molecule has 0 bridgehead atoms. The SMILES string of the molecule is CCC1(C)NC(=O)CCN(c2cccc(COC)c2)C1=O. The number of methoxy groups -OCH3 is 1. The number of anilines is 1. The van der Waals surface area contributed by atoms with Gasteiger partial charge in [-0.1, -0.05) is 19.1 Å². The third kappa shape index (κ3) is 3.24. The molecule has 0 aliphatic carbocycles. The van der Waals surface area contributed by atoms with Gasteiger partial charge in [-0.05, 0) is 31.0 Å². The minimum absolute atomic E-state index is 0.0644. The Morgan fingerprint density at radius 3 is 2.81 bits per heavy atom. The minimum Gasteiger partial charge on any atom is -0.380 e. The van der Waals surface area contributed by atoms with E-state index in [1.807, 2.05) is 31.2 Å². The molecule has 1 aliphatic heterocycles. The maximum atomic E-state index is 12.8. The number of hydrogen-bond acceptors (Lipinski definition) is 3. The number of amides is 2. The van der Waals surface area contributed by atoms with Gasteiger partial charge in [-0.15, -0.1) is 0 Å². The zero-order valence-corrected chi connectivity index (χ0v) is 12.8. The molecule has 1 fully saturated rings. The van der Waals surface area contributed by atoms with Crippen molar-refractivity contribution >= 4 is 17.5 Å². The van der Waals surface area contributed by atoms with Crippen LogP contribution in [0.3, 0.4) is 0 Å². The third-order valence-electron chi connectivity index (χ3n) is 3.94. The predicted octanol–water partition coefficient (Wildman–Crippen LogP) is 1.85. The Labute approximate surface area is 125 Å². The van der Waals surface area contributed by atoms with Gasteiger partial charge in [0, 0.05) is 25.8 Å². The molecule has 2 rings (SSSR count). The fraction of sp³-hybridized carbons (Fsp3) is 0.500. The average Bonchev–Trinajstić information content (AvgIpc) is 2.58. The number of carbonyl (C=O) groups excluding carboxylic acids is 2. The van der Waals surface area contributed by atoms with Gasteiger partial charge in [-0.3, -0.25) is 9.59 Å². The van der Waals surface area contributed by atoms with Crippen LogP contribution in [0.4, 0.5) is 5.69 Å². The molecule has 21 heavy (non-hydrogen) atoms. The Hall–Kier alpha value is -1.88. The number of ether oxygens (including phenoxy) is 1. The summed E-state index contributed by atoms with van der Waals surface area (Å²) in [7, 11) is 1.64. The lowest BCUT2D eigenvalue weighted by atomic mass is 9.97. The summed E-state index contributed by atoms with van der Waals surface area (Å²) in [6.45, 7) is 4.59. The van der Waals surface area contributed by atoms with E-state index in [4.69, 9.17) is 4.74 Å². The second kappa shape index (κ2) is 6.26. The van der Waals surface area contributed by atoms with Crippen molar-refractivity contribution in [2.45, 2.75) is 38.8 Å². The van der Waals surface area contributed by atoms with Crippen molar-refractivity contribution in [3.8, 4) is 0 Å². The summed E-state index contributed by atoms with van der Waals surface area (Å²) in [5.74, 6) is -0.145. The van der Waals surface area contributed by atoms with Gasteiger partial charge >= 0.3 is 0 Å². The number of rotatable bonds is 4. The highest BCUT2D eigenvalue weighted by Crippen LogP contribution is 2.24. The Morgan fingerprint density at radius 2 is 2.14 bits per heavy atom. The monoisotopic (exact) mass is 290 g/mol. The second-order valence-electron chi connectivity index (χ2n) is 5.54. The van der Waals surface area contributed by atoms with Crippen molar-refractivity contribution in [3.63, 3.8) is 0 Å². The molecule has 5 nitrogen and oxygen atoms in total. The van der Waals surface area contributed by atoms with Crippen molar-refractivity contribution in [1.82, 2.24) is 5.32 Å². The normalized spacial score (nSPS) is 22.9. The standard InChI is InChI=1S/C16H22N2O3/c1-4-16(2)15(20)18(9-8-14(19)17-16)13-7-5-6-12(10-13)11-21-3/h5-7,10H,4,8-9,11H2,1-3H3,(H,17,19). The summed E-state index contributed by atoms with van der Waals surface area (Å²) in [6.07, 6.45) is 0.877. The highest BCUT2D eigenvalue weighted by Gasteiger charge is 2.39. The van der Waals surface area contributed by atoms with E-state index in [9.17, 15) is 9.59 Å². The summed E-state index contributed by atoms with van der Waals surface area (Å²) >= 11 is 0. The molecule has 1 N–H and O–H groups in total. The van der Waals surface area contributed by atoms with E-state index < -0.39 is 5.54 Å². The molecule has 0 saturated carbocycles. The number of nitrogens with zero attached hydrogens (tertiary/aromatic N) is 1. The van der Waals surface area contributed by atoms with Crippen LogP contribution in [-0.2, 0) is 20.9 Å². The molecule has 0 aromatic heterocycles. The van der Waals surface area contributed by atoms with Crippen LogP contribution in [0.25, 0.3) is 0 Å². The molecule has 1 heterocycles. The molecule has 1 aliphatic rings. The van der Waals surface area contributed by atoms with Gasteiger partial charge in [0.15, 0.2) is 0 Å². The van der Waals surface area contributed by atoms with Gasteiger partial charge < -0.3 is 15.0 Å². The van der Waals surface area contributed by atoms with E-state index >= 15 is 0 Å². The highest BCUT2D eigenvalue weighted by molar-refractivity contribution is 6.04. The van der Waals surface area contributed by atoms with Crippen LogP contribution in [0.1, 0.15) is 32.3 Å². The smallest absolute Gasteiger partial charge is 0.252 e. The Balaban J connectivity index is 2.35. The van der Waals surface area contributed by atoms with Crippen molar-refractivity contribution in [2.75, 3.05) is 18.6 Å². The largest absolute Gasteiger partial charge is 0.380 e. The fourth-order valence-corrected chi connectivity index (χ4v) is 2.50. The molecular formula is C16H22N2O3. The third-order valence-corrected chi connectivity index (χ3v) is 3.94. The van der Waals surface area contributed by atoms with Gasteiger partial charge in [-0.25, -0.2) is 0 Å². The second-order valence-corrected chi connectivity index (χ2v) is 5.54. The quantitative estimate of drug-likeness (QED) is 0.920. The van der Waals surface area contributed by atoms with E-state index in [0.29, 0.717) is 26.0 Å². The molecule has 114 valence electrons. The van der Waals surface area contributed by atoms with Crippen molar-refractivity contribution in [2.24, 2.45) is 0 Å². The number of hydrogen-bond donors (Lipinski definition) is 1. The Kier molecular flexibility index (Phi) is 4.63. The molecule has 1 atom stereocenters. The van der Waals surface area contributed by atoms with Crippen LogP contribution in [-0.4, -0.2) is 31.0 Å². The van der Waals surface area contributed by atoms with Crippen molar-refractivity contribution < 1.29 is 14.3 Å². The topological polar surface area (TPSA) is 58.6 Å². The molecule has 0 radical (unpaired) electrons. The number of nitrogens with one attached hydrogen (secondary N) is 1. The number of benzene rings is 1. The first-order valence-electron chi connectivity index (χ1n) is 7.21. The zero-order chi connectivity index (χ0) is 15.5. The van der Waals surface area contributed by atoms with Gasteiger partial charge in [0.05, 0.1) is 6.61 Å². The van der Waals surface area contributed by atoms with Gasteiger partial charge in [-0.2, -0.15) is 0 Å². The van der Waals surface area contributed by atoms with E-state index in [0.717, 1.165) is 11.3 Å². The van der Waals surface area contributed by atoms with Crippen LogP contribution in [0.2, 0.25) is 0 Å². The lowest BCUT2D eigenvalue weighted by molar-refractivity contribution is -0.129. The summed E-state index contributed by atoms with van der Waals surface area (Å²) < 4.78 is 5.13. The van der Waals surface area contributed by atoms with Gasteiger partial charge in [0.25, 0.3) is 5.91 Å². The van der Waals surface area contributed by atoms with Crippen molar-refractivity contribution in [3.05, 3.63) is 29.8 Å². The Morgan fingerprint density at radius 1 is 1.38 bits per heavy atom. The summed E-state index contributed by atoms with van der Waals surface area (Å²) in [5.41, 5.74) is 0.973. The lowest BCUT2D eigenvalue weighted by Crippen LogP contribution is -2.54. The van der Waals surface area contributed by atoms with E-state index in [1.54, 1.807) is 18.9 Å². The van der Waals surface area contributed by atoms with Gasteiger partial charge in [0.1, 0.15) is 5.54 Å².